The summed E-state index contributed by atoms with van der Waals surface area (Å²) in [5.41, 5.74) is 0. The normalized spacial score (nSPS) is 11.4. The van der Waals surface area contributed by atoms with E-state index in [4.69, 9.17) is 56.8 Å². The van der Waals surface area contributed by atoms with Crippen molar-refractivity contribution in [1.29, 1.82) is 0 Å². The Labute approximate surface area is 259 Å². The summed E-state index contributed by atoms with van der Waals surface area (Å²) in [5, 5.41) is 0. The topological polar surface area (TPSA) is 128 Å². The van der Waals surface area contributed by atoms with Crippen molar-refractivity contribution in [2.24, 2.45) is 0 Å². The predicted octanol–water partition coefficient (Wildman–Crippen LogP) is 2.31. The van der Waals surface area contributed by atoms with Crippen molar-refractivity contribution in [2.75, 3.05) is 152 Å². The van der Waals surface area contributed by atoms with Crippen molar-refractivity contribution in [3.63, 3.8) is 0 Å². The van der Waals surface area contributed by atoms with Crippen molar-refractivity contribution in [3.05, 3.63) is 0 Å². The van der Waals surface area contributed by atoms with E-state index in [1.54, 1.807) is 0 Å². The van der Waals surface area contributed by atoms with Crippen molar-refractivity contribution in [3.8, 4) is 0 Å². The highest BCUT2D eigenvalue weighted by molar-refractivity contribution is 5.69. The van der Waals surface area contributed by atoms with Gasteiger partial charge in [0.25, 0.3) is 0 Å². The first-order valence-electron chi connectivity index (χ1n) is 15.8. The minimum absolute atomic E-state index is 0.187. The van der Waals surface area contributed by atoms with Gasteiger partial charge in [-0.15, -0.1) is 0 Å². The maximum atomic E-state index is 11.2. The van der Waals surface area contributed by atoms with Crippen LogP contribution < -0.4 is 0 Å². The molecule has 0 aliphatic heterocycles. The number of rotatable bonds is 38. The summed E-state index contributed by atoms with van der Waals surface area (Å²) in [6.45, 7) is 15.9. The first-order chi connectivity index (χ1) is 21.3. The summed E-state index contributed by atoms with van der Waals surface area (Å²) < 4.78 is 64.8. The second-order valence-electron chi connectivity index (χ2n) is 9.06. The largest absolute Gasteiger partial charge is 0.463 e. The first-order valence-corrected chi connectivity index (χ1v) is 15.8. The first kappa shape index (κ1) is 42.0. The fourth-order valence-corrected chi connectivity index (χ4v) is 3.04. The summed E-state index contributed by atoms with van der Waals surface area (Å²) in [4.78, 5) is 11.2. The Hall–Kier alpha value is -0.970. The van der Waals surface area contributed by atoms with E-state index in [0.717, 1.165) is 25.9 Å². The molecule has 0 aliphatic carbocycles. The number of carbonyl (C=O) groups is 1. The Morgan fingerprint density at radius 3 is 0.791 bits per heavy atom. The summed E-state index contributed by atoms with van der Waals surface area (Å²) >= 11 is 0. The highest BCUT2D eigenvalue weighted by Crippen LogP contribution is 1.92. The van der Waals surface area contributed by atoms with Crippen LogP contribution in [0.3, 0.4) is 0 Å². The minimum atomic E-state index is -0.187. The fourth-order valence-electron chi connectivity index (χ4n) is 3.04. The molecule has 258 valence electrons. The molecular weight excluding hydrogens is 568 g/mol. The zero-order valence-corrected chi connectivity index (χ0v) is 26.9. The molecule has 0 aromatic carbocycles. The lowest BCUT2D eigenvalue weighted by Crippen LogP contribution is -2.15. The van der Waals surface area contributed by atoms with Gasteiger partial charge in [0, 0.05) is 13.0 Å². The highest BCUT2D eigenvalue weighted by Gasteiger charge is 2.00. The summed E-state index contributed by atoms with van der Waals surface area (Å²) in [6, 6.07) is 0. The Morgan fingerprint density at radius 2 is 0.558 bits per heavy atom. The van der Waals surface area contributed by atoms with Gasteiger partial charge in [-0.05, 0) is 12.8 Å². The third-order valence-electron chi connectivity index (χ3n) is 5.31. The van der Waals surface area contributed by atoms with Gasteiger partial charge >= 0.3 is 5.97 Å². The molecule has 0 N–H and O–H groups in total. The van der Waals surface area contributed by atoms with Gasteiger partial charge in [0.2, 0.25) is 0 Å². The predicted molar refractivity (Wildman–Crippen MR) is 160 cm³/mol. The lowest BCUT2D eigenvalue weighted by Gasteiger charge is -2.09. The molecule has 0 saturated heterocycles. The third kappa shape index (κ3) is 39.0. The summed E-state index contributed by atoms with van der Waals surface area (Å²) in [7, 11) is 0. The number of esters is 1. The zero-order chi connectivity index (χ0) is 31.2. The van der Waals surface area contributed by atoms with E-state index in [2.05, 4.69) is 6.92 Å². The zero-order valence-electron chi connectivity index (χ0n) is 26.9. The van der Waals surface area contributed by atoms with Crippen LogP contribution in [0.4, 0.5) is 0 Å². The van der Waals surface area contributed by atoms with E-state index in [1.807, 2.05) is 6.92 Å². The molecule has 0 aromatic rings. The van der Waals surface area contributed by atoms with Crippen LogP contribution in [0.5, 0.6) is 0 Å². The van der Waals surface area contributed by atoms with E-state index in [9.17, 15) is 4.79 Å². The summed E-state index contributed by atoms with van der Waals surface area (Å²) in [5.74, 6) is -0.187. The minimum Gasteiger partial charge on any atom is -0.463 e. The molecule has 13 heteroatoms. The van der Waals surface area contributed by atoms with Crippen molar-refractivity contribution in [2.45, 2.75) is 39.5 Å². The Kier molecular flexibility index (Phi) is 38.2. The molecule has 0 atom stereocenters. The van der Waals surface area contributed by atoms with Gasteiger partial charge in [-0.25, -0.2) is 0 Å². The van der Waals surface area contributed by atoms with E-state index < -0.39 is 0 Å². The molecule has 0 saturated carbocycles. The van der Waals surface area contributed by atoms with E-state index in [-0.39, 0.29) is 12.6 Å². The second kappa shape index (κ2) is 39.1. The SMILES string of the molecule is CCCCOCCOCCOCCOCCOCCOCCOCCOCCOCCOCCOCCOC(=O)CCC. The van der Waals surface area contributed by atoms with Crippen molar-refractivity contribution < 1.29 is 61.6 Å². The van der Waals surface area contributed by atoms with Gasteiger partial charge in [0.15, 0.2) is 0 Å². The van der Waals surface area contributed by atoms with Gasteiger partial charge in [-0.1, -0.05) is 20.3 Å². The molecule has 0 aliphatic rings. The van der Waals surface area contributed by atoms with Crippen LogP contribution in [-0.2, 0) is 61.6 Å². The van der Waals surface area contributed by atoms with Crippen LogP contribution in [0, 0.1) is 0 Å². The molecule has 0 amide bonds. The van der Waals surface area contributed by atoms with Crippen molar-refractivity contribution >= 4 is 5.97 Å². The van der Waals surface area contributed by atoms with E-state index >= 15 is 0 Å². The molecule has 0 spiro atoms. The third-order valence-corrected chi connectivity index (χ3v) is 5.31. The number of hydrogen-bond donors (Lipinski definition) is 0. The quantitative estimate of drug-likeness (QED) is 0.0734. The smallest absolute Gasteiger partial charge is 0.305 e. The molecule has 43 heavy (non-hydrogen) atoms. The number of unbranched alkanes of at least 4 members (excludes halogenated alkanes) is 1. The molecule has 0 rings (SSSR count). The van der Waals surface area contributed by atoms with Gasteiger partial charge in [0.1, 0.15) is 6.61 Å². The van der Waals surface area contributed by atoms with Crippen LogP contribution in [0.2, 0.25) is 0 Å². The molecule has 0 fully saturated rings. The monoisotopic (exact) mass is 628 g/mol. The van der Waals surface area contributed by atoms with Crippen molar-refractivity contribution in [1.82, 2.24) is 0 Å². The van der Waals surface area contributed by atoms with Gasteiger partial charge in [-0.2, -0.15) is 0 Å². The van der Waals surface area contributed by atoms with Crippen LogP contribution >= 0.6 is 0 Å². The molecule has 0 unspecified atom stereocenters. The Morgan fingerprint density at radius 1 is 0.326 bits per heavy atom. The Bertz CT molecular complexity index is 528. The molecule has 13 nitrogen and oxygen atoms in total. The molecular formula is C30H60O13. The standard InChI is InChI=1S/C30H60O13/c1-3-5-7-32-8-9-33-10-11-34-12-13-35-14-15-36-16-17-37-18-19-38-20-21-39-22-23-40-24-25-41-26-27-42-28-29-43-30(31)6-4-2/h3-29H2,1-2H3. The van der Waals surface area contributed by atoms with Crippen LogP contribution in [0.15, 0.2) is 0 Å². The maximum Gasteiger partial charge on any atom is 0.305 e. The maximum absolute atomic E-state index is 11.2. The molecule has 0 bridgehead atoms. The fraction of sp³-hybridized carbons (Fsp3) is 0.967. The van der Waals surface area contributed by atoms with Gasteiger partial charge in [0.05, 0.1) is 139 Å². The van der Waals surface area contributed by atoms with Crippen LogP contribution in [0.25, 0.3) is 0 Å². The molecule has 0 aromatic heterocycles. The average molecular weight is 629 g/mol. The number of ether oxygens (including phenoxy) is 12. The van der Waals surface area contributed by atoms with Gasteiger partial charge in [-0.3, -0.25) is 4.79 Å². The van der Waals surface area contributed by atoms with Gasteiger partial charge < -0.3 is 56.8 Å². The van der Waals surface area contributed by atoms with E-state index in [0.29, 0.717) is 145 Å². The number of hydrogen-bond acceptors (Lipinski definition) is 13. The Balaban J connectivity index is 3.05. The lowest BCUT2D eigenvalue weighted by molar-refractivity contribution is -0.145. The average Bonchev–Trinajstić information content (AvgIpc) is 3.01. The molecule has 0 heterocycles. The lowest BCUT2D eigenvalue weighted by atomic mass is 10.3. The summed E-state index contributed by atoms with van der Waals surface area (Å²) in [6.07, 6.45) is 3.47. The van der Waals surface area contributed by atoms with E-state index in [1.165, 1.54) is 0 Å². The van der Waals surface area contributed by atoms with Crippen LogP contribution in [-0.4, -0.2) is 158 Å². The molecule has 0 radical (unpaired) electrons. The van der Waals surface area contributed by atoms with Crippen LogP contribution in [0.1, 0.15) is 39.5 Å². The number of carbonyl (C=O) groups excluding carboxylic acids is 1. The second-order valence-corrected chi connectivity index (χ2v) is 9.06. The highest BCUT2D eigenvalue weighted by atomic mass is 16.6.